The van der Waals surface area contributed by atoms with Gasteiger partial charge in [-0.3, -0.25) is 9.59 Å². The molecule has 0 heterocycles. The summed E-state index contributed by atoms with van der Waals surface area (Å²) in [4.78, 5) is 25.0. The normalized spacial score (nSPS) is 14.2. The van der Waals surface area contributed by atoms with Gasteiger partial charge in [0.05, 0.1) is 5.92 Å². The summed E-state index contributed by atoms with van der Waals surface area (Å²) in [5, 5.41) is 0. The fourth-order valence-corrected chi connectivity index (χ4v) is 3.11. The monoisotopic (exact) mass is 410 g/mol. The molecule has 0 aliphatic rings. The second-order valence-corrected chi connectivity index (χ2v) is 9.21. The van der Waals surface area contributed by atoms with Gasteiger partial charge in [-0.1, -0.05) is 48.8 Å². The molecule has 0 spiro atoms. The van der Waals surface area contributed by atoms with Gasteiger partial charge in [-0.25, -0.2) is 0 Å². The van der Waals surface area contributed by atoms with Crippen LogP contribution in [0.1, 0.15) is 59.9 Å². The Morgan fingerprint density at radius 2 is 1.64 bits per heavy atom. The zero-order valence-electron chi connectivity index (χ0n) is 16.3. The Balaban J connectivity index is 2.72. The number of Topliss-reactive ketones (excluding diaryl/α,β-unsaturated/α-hetero) is 1. The van der Waals surface area contributed by atoms with Crippen molar-refractivity contribution < 1.29 is 14.3 Å². The molecule has 1 aromatic carbocycles. The third-order valence-corrected chi connectivity index (χ3v) is 4.51. The summed E-state index contributed by atoms with van der Waals surface area (Å²) in [6, 6.07) is 7.78. The predicted molar refractivity (Wildman–Crippen MR) is 105 cm³/mol. The van der Waals surface area contributed by atoms with Crippen LogP contribution in [0.3, 0.4) is 0 Å². The number of rotatable bonds is 8. The van der Waals surface area contributed by atoms with Crippen molar-refractivity contribution in [3.05, 3.63) is 34.3 Å². The minimum Gasteiger partial charge on any atom is -0.460 e. The Kier molecular flexibility index (Phi) is 8.33. The van der Waals surface area contributed by atoms with E-state index in [0.29, 0.717) is 18.8 Å². The van der Waals surface area contributed by atoms with E-state index in [1.807, 2.05) is 52.0 Å². The number of benzene rings is 1. The van der Waals surface area contributed by atoms with Crippen LogP contribution < -0.4 is 0 Å². The first-order valence-electron chi connectivity index (χ1n) is 8.97. The highest BCUT2D eigenvalue weighted by molar-refractivity contribution is 9.10. The largest absolute Gasteiger partial charge is 0.460 e. The van der Waals surface area contributed by atoms with Crippen molar-refractivity contribution in [3.8, 4) is 0 Å². The van der Waals surface area contributed by atoms with Gasteiger partial charge in [0.15, 0.2) is 0 Å². The fourth-order valence-electron chi connectivity index (χ4n) is 2.85. The van der Waals surface area contributed by atoms with Crippen LogP contribution >= 0.6 is 15.9 Å². The third kappa shape index (κ3) is 8.66. The highest BCUT2D eigenvalue weighted by Crippen LogP contribution is 2.27. The van der Waals surface area contributed by atoms with Crippen molar-refractivity contribution in [3.63, 3.8) is 0 Å². The Bertz CT molecular complexity index is 570. The lowest BCUT2D eigenvalue weighted by atomic mass is 9.83. The van der Waals surface area contributed by atoms with E-state index in [0.717, 1.165) is 16.5 Å². The molecule has 0 bridgehead atoms. The number of halogens is 1. The molecule has 4 heteroatoms. The molecule has 0 N–H and O–H groups in total. The molecule has 1 rings (SSSR count). The first-order chi connectivity index (χ1) is 11.5. The lowest BCUT2D eigenvalue weighted by Gasteiger charge is -2.28. The van der Waals surface area contributed by atoms with E-state index in [-0.39, 0.29) is 23.6 Å². The molecule has 25 heavy (non-hydrogen) atoms. The molecule has 0 fully saturated rings. The van der Waals surface area contributed by atoms with Crippen molar-refractivity contribution >= 4 is 27.7 Å². The standard InChI is InChI=1S/C21H31BrO3/c1-14(2)11-19(20(24)25-21(4,5)6)15(3)12-18(23)13-16-7-9-17(22)10-8-16/h7-10,14-15,19H,11-13H2,1-6H3. The number of carbonyl (C=O) groups excluding carboxylic acids is 2. The Morgan fingerprint density at radius 3 is 2.12 bits per heavy atom. The van der Waals surface area contributed by atoms with Gasteiger partial charge in [-0.2, -0.15) is 0 Å². The molecule has 0 aliphatic heterocycles. The molecule has 0 aliphatic carbocycles. The van der Waals surface area contributed by atoms with E-state index < -0.39 is 5.60 Å². The highest BCUT2D eigenvalue weighted by atomic mass is 79.9. The summed E-state index contributed by atoms with van der Waals surface area (Å²) in [5.74, 6) is 0.0760. The number of ether oxygens (including phenoxy) is 1. The zero-order chi connectivity index (χ0) is 19.2. The molecule has 0 amide bonds. The topological polar surface area (TPSA) is 43.4 Å². The van der Waals surface area contributed by atoms with Gasteiger partial charge in [0.25, 0.3) is 0 Å². The molecular formula is C21H31BrO3. The number of hydrogen-bond donors (Lipinski definition) is 0. The predicted octanol–water partition coefficient (Wildman–Crippen LogP) is 5.59. The Morgan fingerprint density at radius 1 is 1.08 bits per heavy atom. The van der Waals surface area contributed by atoms with Crippen LogP contribution in [-0.2, 0) is 20.7 Å². The molecule has 0 saturated heterocycles. The quantitative estimate of drug-likeness (QED) is 0.524. The Labute approximate surface area is 160 Å². The van der Waals surface area contributed by atoms with Crippen molar-refractivity contribution in [2.45, 2.75) is 66.4 Å². The zero-order valence-corrected chi connectivity index (χ0v) is 17.9. The Hall–Kier alpha value is -1.16. The highest BCUT2D eigenvalue weighted by Gasteiger charge is 2.31. The van der Waals surface area contributed by atoms with Crippen LogP contribution in [0.15, 0.2) is 28.7 Å². The van der Waals surface area contributed by atoms with Crippen molar-refractivity contribution in [1.29, 1.82) is 0 Å². The summed E-state index contributed by atoms with van der Waals surface area (Å²) in [6.45, 7) is 11.8. The smallest absolute Gasteiger partial charge is 0.309 e. The molecule has 2 unspecified atom stereocenters. The number of carbonyl (C=O) groups is 2. The van der Waals surface area contributed by atoms with E-state index in [1.54, 1.807) is 0 Å². The fraction of sp³-hybridized carbons (Fsp3) is 0.619. The van der Waals surface area contributed by atoms with Crippen LogP contribution in [0.2, 0.25) is 0 Å². The number of hydrogen-bond acceptors (Lipinski definition) is 3. The summed E-state index contributed by atoms with van der Waals surface area (Å²) < 4.78 is 6.58. The molecule has 3 nitrogen and oxygen atoms in total. The van der Waals surface area contributed by atoms with Crippen molar-refractivity contribution in [2.24, 2.45) is 17.8 Å². The van der Waals surface area contributed by atoms with Crippen molar-refractivity contribution in [2.75, 3.05) is 0 Å². The van der Waals surface area contributed by atoms with Gasteiger partial charge in [-0.15, -0.1) is 0 Å². The number of ketones is 1. The van der Waals surface area contributed by atoms with Gasteiger partial charge in [0.2, 0.25) is 0 Å². The van der Waals surface area contributed by atoms with E-state index in [9.17, 15) is 9.59 Å². The maximum absolute atomic E-state index is 12.6. The van der Waals surface area contributed by atoms with E-state index in [1.165, 1.54) is 0 Å². The van der Waals surface area contributed by atoms with Gasteiger partial charge < -0.3 is 4.74 Å². The molecular weight excluding hydrogens is 380 g/mol. The SMILES string of the molecule is CC(C)CC(C(=O)OC(C)(C)C)C(C)CC(=O)Cc1ccc(Br)cc1. The van der Waals surface area contributed by atoms with Crippen LogP contribution in [0.5, 0.6) is 0 Å². The average molecular weight is 411 g/mol. The lowest BCUT2D eigenvalue weighted by molar-refractivity contribution is -0.162. The number of esters is 1. The lowest BCUT2D eigenvalue weighted by Crippen LogP contribution is -2.33. The minimum absolute atomic E-state index is 0.0276. The van der Waals surface area contributed by atoms with Gasteiger partial charge in [0, 0.05) is 17.3 Å². The van der Waals surface area contributed by atoms with Gasteiger partial charge >= 0.3 is 5.97 Å². The summed E-state index contributed by atoms with van der Waals surface area (Å²) in [5.41, 5.74) is 0.492. The van der Waals surface area contributed by atoms with E-state index in [2.05, 4.69) is 29.8 Å². The molecule has 0 saturated carbocycles. The second-order valence-electron chi connectivity index (χ2n) is 8.29. The minimum atomic E-state index is -0.506. The first kappa shape index (κ1) is 21.9. The van der Waals surface area contributed by atoms with Crippen LogP contribution in [0, 0.1) is 17.8 Å². The van der Waals surface area contributed by atoms with Crippen LogP contribution in [0.25, 0.3) is 0 Å². The second kappa shape index (κ2) is 9.51. The third-order valence-electron chi connectivity index (χ3n) is 3.99. The van der Waals surface area contributed by atoms with E-state index >= 15 is 0 Å². The maximum atomic E-state index is 12.6. The molecule has 140 valence electrons. The maximum Gasteiger partial charge on any atom is 0.309 e. The van der Waals surface area contributed by atoms with Crippen LogP contribution in [-0.4, -0.2) is 17.4 Å². The van der Waals surface area contributed by atoms with E-state index in [4.69, 9.17) is 4.74 Å². The van der Waals surface area contributed by atoms with Gasteiger partial charge in [-0.05, 0) is 56.7 Å². The summed E-state index contributed by atoms with van der Waals surface area (Å²) in [7, 11) is 0. The molecule has 1 aromatic rings. The molecule has 0 aromatic heterocycles. The average Bonchev–Trinajstić information content (AvgIpc) is 2.44. The molecule has 2 atom stereocenters. The summed E-state index contributed by atoms with van der Waals surface area (Å²) in [6.07, 6.45) is 1.54. The van der Waals surface area contributed by atoms with Crippen molar-refractivity contribution in [1.82, 2.24) is 0 Å². The first-order valence-corrected chi connectivity index (χ1v) is 9.76. The van der Waals surface area contributed by atoms with Gasteiger partial charge in [0.1, 0.15) is 11.4 Å². The molecule has 0 radical (unpaired) electrons. The summed E-state index contributed by atoms with van der Waals surface area (Å²) >= 11 is 3.40. The van der Waals surface area contributed by atoms with Crippen LogP contribution in [0.4, 0.5) is 0 Å².